The molecule has 7 nitrogen and oxygen atoms in total. The summed E-state index contributed by atoms with van der Waals surface area (Å²) >= 11 is 0. The highest BCUT2D eigenvalue weighted by Crippen LogP contribution is 2.26. The number of benzene rings is 3. The molecule has 8 heteroatoms. The largest absolute Gasteiger partial charge is 0.490 e. The maximum absolute atomic E-state index is 12.9. The second kappa shape index (κ2) is 12.5. The van der Waals surface area contributed by atoms with Gasteiger partial charge in [-0.1, -0.05) is 44.7 Å². The van der Waals surface area contributed by atoms with Gasteiger partial charge in [-0.2, -0.15) is 4.39 Å². The van der Waals surface area contributed by atoms with Gasteiger partial charge in [0.25, 0.3) is 0 Å². The normalized spacial score (nSPS) is 10.5. The lowest BCUT2D eigenvalue weighted by atomic mass is 10.1. The van der Waals surface area contributed by atoms with E-state index in [1.165, 1.54) is 18.2 Å². The number of rotatable bonds is 10. The maximum atomic E-state index is 12.9. The summed E-state index contributed by atoms with van der Waals surface area (Å²) in [7, 11) is 0. The van der Waals surface area contributed by atoms with Crippen molar-refractivity contribution in [2.75, 3.05) is 13.2 Å². The van der Waals surface area contributed by atoms with Gasteiger partial charge in [-0.05, 0) is 66.1 Å². The SMILES string of the molecule is C=C(F)C(=O)Oc1ccc(C(=O)Oc2ccc(-c3ccc(OCCOC(=O)C(C)C)cc3)cc2)cc1C. The molecule has 0 amide bonds. The predicted molar refractivity (Wildman–Crippen MR) is 135 cm³/mol. The van der Waals surface area contributed by atoms with E-state index in [-0.39, 0.29) is 36.4 Å². The van der Waals surface area contributed by atoms with Crippen LogP contribution in [0, 0.1) is 12.8 Å². The van der Waals surface area contributed by atoms with Crippen molar-refractivity contribution in [2.45, 2.75) is 20.8 Å². The highest BCUT2D eigenvalue weighted by Gasteiger charge is 2.15. The van der Waals surface area contributed by atoms with Crippen molar-refractivity contribution < 1.29 is 37.7 Å². The molecular formula is C29H27FO7. The standard InChI is InChI=1S/C29H27FO7/c1-18(2)27(31)35-16-15-34-24-10-5-21(6-11-24)22-7-12-25(13-8-22)36-29(33)23-9-14-26(19(3)17-23)37-28(32)20(4)30/h5-14,17-18H,4,15-16H2,1-3H3. The van der Waals surface area contributed by atoms with Crippen molar-refractivity contribution in [2.24, 2.45) is 5.92 Å². The molecule has 0 aliphatic carbocycles. The van der Waals surface area contributed by atoms with Gasteiger partial charge in [0, 0.05) is 0 Å². The van der Waals surface area contributed by atoms with Crippen molar-refractivity contribution >= 4 is 17.9 Å². The van der Waals surface area contributed by atoms with Gasteiger partial charge in [-0.3, -0.25) is 4.79 Å². The molecule has 0 bridgehead atoms. The fourth-order valence-corrected chi connectivity index (χ4v) is 3.14. The van der Waals surface area contributed by atoms with Gasteiger partial charge in [-0.25, -0.2) is 9.59 Å². The molecule has 0 saturated heterocycles. The Morgan fingerprint density at radius 3 is 1.97 bits per heavy atom. The van der Waals surface area contributed by atoms with E-state index < -0.39 is 17.8 Å². The lowest BCUT2D eigenvalue weighted by molar-refractivity contribution is -0.148. The Morgan fingerprint density at radius 1 is 0.838 bits per heavy atom. The quantitative estimate of drug-likeness (QED) is 0.148. The van der Waals surface area contributed by atoms with Crippen LogP contribution in [0.2, 0.25) is 0 Å². The van der Waals surface area contributed by atoms with Crippen molar-refractivity contribution in [3.05, 3.63) is 90.3 Å². The van der Waals surface area contributed by atoms with Gasteiger partial charge < -0.3 is 18.9 Å². The van der Waals surface area contributed by atoms with Gasteiger partial charge in [0.15, 0.2) is 0 Å². The van der Waals surface area contributed by atoms with E-state index in [0.717, 1.165) is 11.1 Å². The van der Waals surface area contributed by atoms with E-state index in [4.69, 9.17) is 18.9 Å². The second-order valence-corrected chi connectivity index (χ2v) is 8.38. The van der Waals surface area contributed by atoms with E-state index in [9.17, 15) is 18.8 Å². The Kier molecular flexibility index (Phi) is 9.16. The van der Waals surface area contributed by atoms with Gasteiger partial charge >= 0.3 is 17.9 Å². The molecule has 0 aromatic heterocycles. The average molecular weight is 507 g/mol. The molecule has 0 unspecified atom stereocenters. The zero-order valence-electron chi connectivity index (χ0n) is 20.8. The molecular weight excluding hydrogens is 479 g/mol. The topological polar surface area (TPSA) is 88.1 Å². The summed E-state index contributed by atoms with van der Waals surface area (Å²) < 4.78 is 33.8. The van der Waals surface area contributed by atoms with Gasteiger partial charge in [0.1, 0.15) is 30.5 Å². The number of aryl methyl sites for hydroxylation is 1. The zero-order valence-corrected chi connectivity index (χ0v) is 20.8. The van der Waals surface area contributed by atoms with Crippen molar-refractivity contribution in [3.8, 4) is 28.4 Å². The highest BCUT2D eigenvalue weighted by molar-refractivity contribution is 5.92. The van der Waals surface area contributed by atoms with Crippen LogP contribution in [-0.2, 0) is 14.3 Å². The van der Waals surface area contributed by atoms with E-state index in [2.05, 4.69) is 6.58 Å². The van der Waals surface area contributed by atoms with E-state index in [1.54, 1.807) is 32.9 Å². The summed E-state index contributed by atoms with van der Waals surface area (Å²) in [4.78, 5) is 35.3. The van der Waals surface area contributed by atoms with Crippen molar-refractivity contribution in [1.29, 1.82) is 0 Å². The summed E-state index contributed by atoms with van der Waals surface area (Å²) in [6.45, 7) is 8.50. The van der Waals surface area contributed by atoms with Gasteiger partial charge in [-0.15, -0.1) is 0 Å². The average Bonchev–Trinajstić information content (AvgIpc) is 2.88. The van der Waals surface area contributed by atoms with Gasteiger partial charge in [0.2, 0.25) is 5.83 Å². The Labute approximate surface area is 214 Å². The highest BCUT2D eigenvalue weighted by atomic mass is 19.1. The number of carbonyl (C=O) groups excluding carboxylic acids is 3. The Bertz CT molecular complexity index is 1280. The first-order chi connectivity index (χ1) is 17.6. The van der Waals surface area contributed by atoms with Crippen LogP contribution in [0.4, 0.5) is 4.39 Å². The monoisotopic (exact) mass is 506 g/mol. The molecule has 0 N–H and O–H groups in total. The first-order valence-electron chi connectivity index (χ1n) is 11.5. The van der Waals surface area contributed by atoms with Crippen molar-refractivity contribution in [3.63, 3.8) is 0 Å². The third kappa shape index (κ3) is 7.76. The summed E-state index contributed by atoms with van der Waals surface area (Å²) in [6, 6.07) is 18.7. The molecule has 0 aliphatic rings. The molecule has 192 valence electrons. The van der Waals surface area contributed by atoms with Crippen LogP contribution in [0.1, 0.15) is 29.8 Å². The van der Waals surface area contributed by atoms with E-state index in [1.807, 2.05) is 36.4 Å². The molecule has 0 aliphatic heterocycles. The number of hydrogen-bond donors (Lipinski definition) is 0. The molecule has 0 fully saturated rings. The molecule has 3 aromatic carbocycles. The maximum Gasteiger partial charge on any atom is 0.371 e. The van der Waals surface area contributed by atoms with E-state index in [0.29, 0.717) is 17.1 Å². The van der Waals surface area contributed by atoms with Crippen LogP contribution >= 0.6 is 0 Å². The number of carbonyl (C=O) groups is 3. The fourth-order valence-electron chi connectivity index (χ4n) is 3.14. The molecule has 0 spiro atoms. The molecule has 0 atom stereocenters. The third-order valence-electron chi connectivity index (χ3n) is 5.16. The zero-order chi connectivity index (χ0) is 26.9. The lowest BCUT2D eigenvalue weighted by Gasteiger charge is -2.10. The summed E-state index contributed by atoms with van der Waals surface area (Å²) in [5.41, 5.74) is 2.56. The summed E-state index contributed by atoms with van der Waals surface area (Å²) in [5.74, 6) is -2.30. The van der Waals surface area contributed by atoms with Crippen LogP contribution in [0.3, 0.4) is 0 Å². The third-order valence-corrected chi connectivity index (χ3v) is 5.16. The van der Waals surface area contributed by atoms with Crippen molar-refractivity contribution in [1.82, 2.24) is 0 Å². The molecule has 3 rings (SSSR count). The molecule has 3 aromatic rings. The fraction of sp³-hybridized carbons (Fsp3) is 0.207. The number of ether oxygens (including phenoxy) is 4. The predicted octanol–water partition coefficient (Wildman–Crippen LogP) is 5.85. The minimum atomic E-state index is -1.21. The van der Waals surface area contributed by atoms with E-state index >= 15 is 0 Å². The molecule has 37 heavy (non-hydrogen) atoms. The smallest absolute Gasteiger partial charge is 0.371 e. The minimum absolute atomic E-state index is 0.121. The Balaban J connectivity index is 1.55. The van der Waals surface area contributed by atoms with Crippen LogP contribution in [-0.4, -0.2) is 31.1 Å². The number of halogens is 1. The molecule has 0 radical (unpaired) electrons. The minimum Gasteiger partial charge on any atom is -0.490 e. The first kappa shape index (κ1) is 27.1. The first-order valence-corrected chi connectivity index (χ1v) is 11.5. The Morgan fingerprint density at radius 2 is 1.43 bits per heavy atom. The number of hydrogen-bond acceptors (Lipinski definition) is 7. The summed E-state index contributed by atoms with van der Waals surface area (Å²) in [6.07, 6.45) is 0. The van der Waals surface area contributed by atoms with Crippen LogP contribution in [0.15, 0.2) is 79.1 Å². The van der Waals surface area contributed by atoms with Crippen LogP contribution in [0.5, 0.6) is 17.2 Å². The lowest BCUT2D eigenvalue weighted by Crippen LogP contribution is -2.16. The van der Waals surface area contributed by atoms with Gasteiger partial charge in [0.05, 0.1) is 11.5 Å². The molecule has 0 heterocycles. The number of esters is 3. The Hall–Kier alpha value is -4.46. The van der Waals surface area contributed by atoms with Crippen LogP contribution < -0.4 is 14.2 Å². The second-order valence-electron chi connectivity index (χ2n) is 8.38. The summed E-state index contributed by atoms with van der Waals surface area (Å²) in [5, 5.41) is 0. The van der Waals surface area contributed by atoms with Crippen LogP contribution in [0.25, 0.3) is 11.1 Å². The molecule has 0 saturated carbocycles.